The minimum Gasteiger partial charge on any atom is -0.456 e. The van der Waals surface area contributed by atoms with E-state index < -0.39 is 84.1 Å². The number of hydrogen-bond donors (Lipinski definition) is 0. The normalized spacial score (nSPS) is 17.5. The molecule has 9 rings (SSSR count). The summed E-state index contributed by atoms with van der Waals surface area (Å²) in [6.45, 7) is 4.38. The molecule has 44 heavy (non-hydrogen) atoms. The molecule has 1 aliphatic carbocycles. The van der Waals surface area contributed by atoms with E-state index in [1.807, 2.05) is 30.3 Å². The molecular formula is C43H30O. The quantitative estimate of drug-likeness (QED) is 0.191. The fraction of sp³-hybridized carbons (Fsp3) is 0.0698. The molecule has 0 radical (unpaired) electrons. The highest BCUT2D eigenvalue weighted by atomic mass is 16.3. The Kier molecular flexibility index (Phi) is 3.25. The zero-order valence-corrected chi connectivity index (χ0v) is 23.8. The van der Waals surface area contributed by atoms with Crippen LogP contribution in [0.2, 0.25) is 0 Å². The minimum absolute atomic E-state index is 0.0658. The molecular weight excluding hydrogens is 532 g/mol. The van der Waals surface area contributed by atoms with Gasteiger partial charge in [0.15, 0.2) is 0 Å². The van der Waals surface area contributed by atoms with Crippen LogP contribution in [0.4, 0.5) is 0 Å². The van der Waals surface area contributed by atoms with Gasteiger partial charge in [0.05, 0.1) is 17.8 Å². The summed E-state index contributed by atoms with van der Waals surface area (Å²) in [6, 6.07) is 13.0. The topological polar surface area (TPSA) is 13.1 Å². The molecule has 1 heterocycles. The first-order valence-electron chi connectivity index (χ1n) is 20.8. The molecule has 1 aliphatic rings. The van der Waals surface area contributed by atoms with Crippen molar-refractivity contribution in [3.63, 3.8) is 0 Å². The highest BCUT2D eigenvalue weighted by Crippen LogP contribution is 2.52. The number of hydrogen-bond acceptors (Lipinski definition) is 1. The smallest absolute Gasteiger partial charge is 0.136 e. The Morgan fingerprint density at radius 3 is 1.82 bits per heavy atom. The van der Waals surface area contributed by atoms with Gasteiger partial charge in [-0.25, -0.2) is 0 Å². The van der Waals surface area contributed by atoms with Crippen molar-refractivity contribution in [1.29, 1.82) is 0 Å². The fourth-order valence-electron chi connectivity index (χ4n) is 6.83. The van der Waals surface area contributed by atoms with E-state index in [0.717, 1.165) is 22.3 Å². The first-order chi connectivity index (χ1) is 27.0. The molecule has 0 N–H and O–H groups in total. The van der Waals surface area contributed by atoms with Crippen molar-refractivity contribution >= 4 is 32.5 Å². The Hall–Kier alpha value is -5.40. The van der Waals surface area contributed by atoms with Gasteiger partial charge in [0.1, 0.15) is 11.3 Å². The van der Waals surface area contributed by atoms with Crippen LogP contribution in [0.5, 0.6) is 0 Å². The van der Waals surface area contributed by atoms with Crippen molar-refractivity contribution in [2.75, 3.05) is 0 Å². The summed E-state index contributed by atoms with van der Waals surface area (Å²) in [4.78, 5) is 0. The monoisotopic (exact) mass is 575 g/mol. The summed E-state index contributed by atoms with van der Waals surface area (Å²) in [6.07, 6.45) is 0. The molecule has 0 unspecified atom stereocenters. The second-order valence-corrected chi connectivity index (χ2v) is 11.5. The molecule has 8 aromatic rings. The molecule has 0 atom stereocenters. The van der Waals surface area contributed by atoms with Crippen molar-refractivity contribution in [3.8, 4) is 44.7 Å². The number of furan rings is 1. The van der Waals surface area contributed by atoms with Crippen LogP contribution in [0.15, 0.2) is 150 Å². The lowest BCUT2D eigenvalue weighted by Gasteiger charge is -2.21. The maximum absolute atomic E-state index is 9.24. The molecule has 0 aliphatic heterocycles. The Bertz CT molecular complexity index is 3030. The highest BCUT2D eigenvalue weighted by Gasteiger charge is 2.37. The van der Waals surface area contributed by atoms with E-state index in [0.29, 0.717) is 22.3 Å². The van der Waals surface area contributed by atoms with Gasteiger partial charge in [-0.15, -0.1) is 0 Å². The van der Waals surface area contributed by atoms with E-state index >= 15 is 0 Å². The summed E-state index contributed by atoms with van der Waals surface area (Å²) in [5.41, 5.74) is 5.31. The van der Waals surface area contributed by atoms with Crippen molar-refractivity contribution in [2.45, 2.75) is 19.3 Å². The molecule has 0 fully saturated rings. The third-order valence-electron chi connectivity index (χ3n) is 8.80. The van der Waals surface area contributed by atoms with Crippen molar-refractivity contribution in [2.24, 2.45) is 0 Å². The zero-order valence-electron chi connectivity index (χ0n) is 36.8. The van der Waals surface area contributed by atoms with Crippen LogP contribution in [0, 0.1) is 0 Å². The van der Waals surface area contributed by atoms with E-state index in [4.69, 9.17) is 16.8 Å². The molecule has 0 saturated heterocycles. The number of benzene rings is 7. The Morgan fingerprint density at radius 2 is 1.11 bits per heavy atom. The van der Waals surface area contributed by atoms with Crippen molar-refractivity contribution in [3.05, 3.63) is 156 Å². The largest absolute Gasteiger partial charge is 0.456 e. The molecule has 1 nitrogen and oxygen atoms in total. The third-order valence-corrected chi connectivity index (χ3v) is 8.80. The standard InChI is InChI=1S/C43H30O/c1-43(2)36-21-11-10-19-34(36)42-35(20-12-22-37(42)43)39-26-29-25-28(23-24-38(29)44-39)41-32-17-8-6-15-30(32)40(27-13-4-3-5-14-27)31-16-7-9-18-33(31)41/h3-26H,1-2H3/i3D,4D,5D,6D,7D,8D,9D,13D,14D,15D,16D,17D,18D. The molecule has 208 valence electrons. The first-order valence-corrected chi connectivity index (χ1v) is 14.3. The molecule has 1 heteroatoms. The Labute approximate surface area is 275 Å². The minimum atomic E-state index is -0.713. The summed E-state index contributed by atoms with van der Waals surface area (Å²) in [7, 11) is 0. The van der Waals surface area contributed by atoms with Gasteiger partial charge in [-0.05, 0) is 84.3 Å². The second kappa shape index (κ2) is 9.30. The molecule has 0 bridgehead atoms. The van der Waals surface area contributed by atoms with Gasteiger partial charge in [-0.1, -0.05) is 141 Å². The van der Waals surface area contributed by atoms with Crippen molar-refractivity contribution in [1.82, 2.24) is 0 Å². The van der Waals surface area contributed by atoms with Gasteiger partial charge in [-0.2, -0.15) is 0 Å². The lowest BCUT2D eigenvalue weighted by atomic mass is 9.82. The number of rotatable bonds is 3. The second-order valence-electron chi connectivity index (χ2n) is 11.5. The number of fused-ring (bicyclic) bond motifs is 6. The summed E-state index contributed by atoms with van der Waals surface area (Å²) < 4.78 is 121. The van der Waals surface area contributed by atoms with Crippen LogP contribution >= 0.6 is 0 Å². The molecule has 0 amide bonds. The maximum Gasteiger partial charge on any atom is 0.136 e. The Morgan fingerprint density at radius 1 is 0.523 bits per heavy atom. The predicted molar refractivity (Wildman–Crippen MR) is 185 cm³/mol. The Balaban J connectivity index is 1.41. The fourth-order valence-corrected chi connectivity index (χ4v) is 6.83. The molecule has 1 aromatic heterocycles. The van der Waals surface area contributed by atoms with Crippen LogP contribution < -0.4 is 0 Å². The lowest BCUT2D eigenvalue weighted by molar-refractivity contribution is 0.631. The summed E-state index contributed by atoms with van der Waals surface area (Å²) >= 11 is 0. The van der Waals surface area contributed by atoms with E-state index in [-0.39, 0.29) is 38.1 Å². The zero-order chi connectivity index (χ0) is 40.7. The average molecular weight is 576 g/mol. The summed E-state index contributed by atoms with van der Waals surface area (Å²) in [5.74, 6) is 0.585. The van der Waals surface area contributed by atoms with Gasteiger partial charge >= 0.3 is 0 Å². The van der Waals surface area contributed by atoms with Crippen LogP contribution in [0.1, 0.15) is 42.8 Å². The van der Waals surface area contributed by atoms with Crippen molar-refractivity contribution < 1.29 is 22.2 Å². The highest BCUT2D eigenvalue weighted by molar-refractivity contribution is 6.21. The molecule has 0 spiro atoms. The van der Waals surface area contributed by atoms with Crippen LogP contribution in [-0.4, -0.2) is 0 Å². The van der Waals surface area contributed by atoms with Gasteiger partial charge in [-0.3, -0.25) is 0 Å². The maximum atomic E-state index is 9.24. The first kappa shape index (κ1) is 15.4. The SMILES string of the molecule is [2H]c1c([2H])c([2H])c(-c2c3c([2H])c([2H])c([2H])c([2H])c3c(-c3ccc4oc(-c5cccc6c5-c5ccccc5C6(C)C)cc4c3)c3c([2H])c([2H])c([2H])c([2H])c23)c([2H])c1[2H]. The van der Waals surface area contributed by atoms with Gasteiger partial charge < -0.3 is 4.42 Å². The average Bonchev–Trinajstić information content (AvgIpc) is 3.74. The van der Waals surface area contributed by atoms with Gasteiger partial charge in [0, 0.05) is 16.4 Å². The van der Waals surface area contributed by atoms with E-state index in [1.54, 1.807) is 18.2 Å². The van der Waals surface area contributed by atoms with E-state index in [2.05, 4.69) is 32.0 Å². The molecule has 7 aromatic carbocycles. The third kappa shape index (κ3) is 3.53. The van der Waals surface area contributed by atoms with Gasteiger partial charge in [0.25, 0.3) is 0 Å². The summed E-state index contributed by atoms with van der Waals surface area (Å²) in [5, 5.41) is -0.156. The lowest BCUT2D eigenvalue weighted by Crippen LogP contribution is -2.14. The van der Waals surface area contributed by atoms with E-state index in [9.17, 15) is 5.48 Å². The van der Waals surface area contributed by atoms with E-state index in [1.165, 1.54) is 5.56 Å². The van der Waals surface area contributed by atoms with Crippen LogP contribution in [0.3, 0.4) is 0 Å². The molecule has 0 saturated carbocycles. The van der Waals surface area contributed by atoms with Gasteiger partial charge in [0.2, 0.25) is 0 Å². The van der Waals surface area contributed by atoms with Crippen LogP contribution in [0.25, 0.3) is 77.2 Å². The predicted octanol–water partition coefficient (Wildman–Crippen LogP) is 12.0. The van der Waals surface area contributed by atoms with Crippen LogP contribution in [-0.2, 0) is 5.41 Å².